The van der Waals surface area contributed by atoms with Gasteiger partial charge < -0.3 is 5.11 Å². The van der Waals surface area contributed by atoms with Crippen LogP contribution in [0, 0.1) is 10.1 Å². The molecule has 0 fully saturated rings. The number of nitrogens with zero attached hydrogens (tertiary/aromatic N) is 1. The van der Waals surface area contributed by atoms with Crippen LogP contribution in [0.5, 0.6) is 0 Å². The maximum atomic E-state index is 11.8. The number of hydrogen-bond donors (Lipinski definition) is 3. The smallest absolute Gasteiger partial charge is 0.271 e. The Balaban J connectivity index is 1.98. The molecule has 108 valence electrons. The summed E-state index contributed by atoms with van der Waals surface area (Å²) in [5, 5.41) is 20.5. The van der Waals surface area contributed by atoms with Crippen LogP contribution in [-0.4, -0.2) is 15.9 Å². The minimum atomic E-state index is -1.32. The van der Waals surface area contributed by atoms with Crippen LogP contribution in [0.4, 0.5) is 11.4 Å². The van der Waals surface area contributed by atoms with Crippen molar-refractivity contribution in [2.24, 2.45) is 0 Å². The zero-order valence-electron chi connectivity index (χ0n) is 10.9. The highest BCUT2D eigenvalue weighted by atomic mass is 16.6. The number of amides is 1. The summed E-state index contributed by atoms with van der Waals surface area (Å²) in [5.74, 6) is -0.660. The summed E-state index contributed by atoms with van der Waals surface area (Å²) < 4.78 is 0. The average molecular weight is 287 g/mol. The van der Waals surface area contributed by atoms with Gasteiger partial charge in [0.25, 0.3) is 11.6 Å². The molecule has 0 aliphatic heterocycles. The molecule has 1 unspecified atom stereocenters. The number of non-ortho nitro benzene ring substituents is 1. The minimum absolute atomic E-state index is 0.0992. The van der Waals surface area contributed by atoms with Crippen molar-refractivity contribution in [3.63, 3.8) is 0 Å². The third kappa shape index (κ3) is 3.77. The van der Waals surface area contributed by atoms with E-state index >= 15 is 0 Å². The van der Waals surface area contributed by atoms with Crippen LogP contribution in [0.1, 0.15) is 11.7 Å². The Hall–Kier alpha value is -2.93. The fourth-order valence-corrected chi connectivity index (χ4v) is 1.69. The quantitative estimate of drug-likeness (QED) is 0.574. The Morgan fingerprint density at radius 2 is 1.86 bits per heavy atom. The zero-order valence-corrected chi connectivity index (χ0v) is 10.9. The zero-order chi connectivity index (χ0) is 15.2. The lowest BCUT2D eigenvalue weighted by Crippen LogP contribution is -2.33. The molecule has 1 atom stereocenters. The molecule has 0 saturated carbocycles. The molecular weight excluding hydrogens is 274 g/mol. The Morgan fingerprint density at radius 3 is 2.52 bits per heavy atom. The molecule has 2 aromatic rings. The van der Waals surface area contributed by atoms with Gasteiger partial charge in [0.05, 0.1) is 10.6 Å². The SMILES string of the molecule is O=C(NNc1cccc([N+](=O)[O-])c1)C(O)c1ccccc1. The first-order valence-electron chi connectivity index (χ1n) is 6.11. The second-order valence-corrected chi connectivity index (χ2v) is 4.23. The fraction of sp³-hybridized carbons (Fsp3) is 0.0714. The van der Waals surface area contributed by atoms with Crippen LogP contribution < -0.4 is 10.9 Å². The van der Waals surface area contributed by atoms with Gasteiger partial charge in [0.15, 0.2) is 6.10 Å². The van der Waals surface area contributed by atoms with Gasteiger partial charge in [-0.2, -0.15) is 0 Å². The monoisotopic (exact) mass is 287 g/mol. The number of rotatable bonds is 5. The van der Waals surface area contributed by atoms with Crippen molar-refractivity contribution in [2.45, 2.75) is 6.10 Å². The summed E-state index contributed by atoms with van der Waals surface area (Å²) in [6.07, 6.45) is -1.32. The van der Waals surface area contributed by atoms with Crippen molar-refractivity contribution >= 4 is 17.3 Å². The van der Waals surface area contributed by atoms with Crippen LogP contribution in [0.15, 0.2) is 54.6 Å². The van der Waals surface area contributed by atoms with Gasteiger partial charge in [0, 0.05) is 12.1 Å². The number of nitro benzene ring substituents is 1. The summed E-state index contributed by atoms with van der Waals surface area (Å²) in [4.78, 5) is 21.9. The van der Waals surface area contributed by atoms with E-state index in [9.17, 15) is 20.0 Å². The van der Waals surface area contributed by atoms with E-state index in [1.54, 1.807) is 36.4 Å². The number of hydrogen-bond acceptors (Lipinski definition) is 5. The molecule has 0 heterocycles. The predicted octanol–water partition coefficient (Wildman–Crippen LogP) is 1.77. The van der Waals surface area contributed by atoms with E-state index in [1.165, 1.54) is 18.2 Å². The third-order valence-electron chi connectivity index (χ3n) is 2.75. The summed E-state index contributed by atoms with van der Waals surface area (Å²) >= 11 is 0. The molecule has 0 radical (unpaired) electrons. The first-order valence-corrected chi connectivity index (χ1v) is 6.11. The van der Waals surface area contributed by atoms with Gasteiger partial charge in [-0.3, -0.25) is 25.8 Å². The molecule has 2 aromatic carbocycles. The summed E-state index contributed by atoms with van der Waals surface area (Å²) in [6, 6.07) is 14.1. The molecule has 21 heavy (non-hydrogen) atoms. The van der Waals surface area contributed by atoms with Crippen LogP contribution in [0.2, 0.25) is 0 Å². The fourth-order valence-electron chi connectivity index (χ4n) is 1.69. The third-order valence-corrected chi connectivity index (χ3v) is 2.75. The number of anilines is 1. The molecule has 0 aliphatic carbocycles. The van der Waals surface area contributed by atoms with Gasteiger partial charge in [-0.25, -0.2) is 0 Å². The molecule has 3 N–H and O–H groups in total. The molecule has 0 bridgehead atoms. The van der Waals surface area contributed by atoms with Crippen LogP contribution >= 0.6 is 0 Å². The van der Waals surface area contributed by atoms with Crippen molar-refractivity contribution in [2.75, 3.05) is 5.43 Å². The highest BCUT2D eigenvalue weighted by Crippen LogP contribution is 2.17. The van der Waals surface area contributed by atoms with E-state index in [0.717, 1.165) is 0 Å². The van der Waals surface area contributed by atoms with Gasteiger partial charge in [-0.15, -0.1) is 0 Å². The van der Waals surface area contributed by atoms with Crippen LogP contribution in [0.3, 0.4) is 0 Å². The molecular formula is C14H13N3O4. The summed E-state index contributed by atoms with van der Waals surface area (Å²) in [5.41, 5.74) is 5.53. The van der Waals surface area contributed by atoms with Crippen LogP contribution in [-0.2, 0) is 4.79 Å². The van der Waals surface area contributed by atoms with Gasteiger partial charge in [0.1, 0.15) is 0 Å². The molecule has 1 amide bonds. The van der Waals surface area contributed by atoms with Gasteiger partial charge in [0.2, 0.25) is 0 Å². The van der Waals surface area contributed by atoms with Crippen molar-refractivity contribution in [1.29, 1.82) is 0 Å². The minimum Gasteiger partial charge on any atom is -0.378 e. The van der Waals surface area contributed by atoms with Crippen molar-refractivity contribution in [3.05, 3.63) is 70.3 Å². The number of nitrogens with one attached hydrogen (secondary N) is 2. The Labute approximate surface area is 120 Å². The molecule has 2 rings (SSSR count). The van der Waals surface area contributed by atoms with E-state index in [-0.39, 0.29) is 5.69 Å². The predicted molar refractivity (Wildman–Crippen MR) is 76.3 cm³/mol. The normalized spacial score (nSPS) is 11.5. The Bertz CT molecular complexity index is 646. The highest BCUT2D eigenvalue weighted by molar-refractivity contribution is 5.83. The van der Waals surface area contributed by atoms with Gasteiger partial charge >= 0.3 is 0 Å². The topological polar surface area (TPSA) is 104 Å². The molecule has 0 aromatic heterocycles. The second-order valence-electron chi connectivity index (χ2n) is 4.23. The molecule has 7 nitrogen and oxygen atoms in total. The van der Waals surface area contributed by atoms with E-state index in [2.05, 4.69) is 10.9 Å². The number of benzene rings is 2. The molecule has 7 heteroatoms. The lowest BCUT2D eigenvalue weighted by Gasteiger charge is -2.13. The maximum absolute atomic E-state index is 11.8. The first-order chi connectivity index (χ1) is 10.1. The molecule has 0 aliphatic rings. The largest absolute Gasteiger partial charge is 0.378 e. The number of hydrazine groups is 1. The standard InChI is InChI=1S/C14H13N3O4/c18-13(10-5-2-1-3-6-10)14(19)16-15-11-7-4-8-12(9-11)17(20)21/h1-9,13,15,18H,(H,16,19). The number of aliphatic hydroxyl groups is 1. The maximum Gasteiger partial charge on any atom is 0.271 e. The summed E-state index contributed by atoms with van der Waals surface area (Å²) in [6.45, 7) is 0. The van der Waals surface area contributed by atoms with E-state index in [4.69, 9.17) is 0 Å². The van der Waals surface area contributed by atoms with E-state index in [1.807, 2.05) is 0 Å². The lowest BCUT2D eigenvalue weighted by molar-refractivity contribution is -0.384. The lowest BCUT2D eigenvalue weighted by atomic mass is 10.1. The van der Waals surface area contributed by atoms with Crippen molar-refractivity contribution in [3.8, 4) is 0 Å². The Morgan fingerprint density at radius 1 is 1.14 bits per heavy atom. The van der Waals surface area contributed by atoms with Crippen molar-refractivity contribution in [1.82, 2.24) is 5.43 Å². The van der Waals surface area contributed by atoms with E-state index < -0.39 is 16.9 Å². The second kappa shape index (κ2) is 6.49. The Kier molecular flexibility index (Phi) is 4.47. The first kappa shape index (κ1) is 14.5. The van der Waals surface area contributed by atoms with Gasteiger partial charge in [-0.05, 0) is 11.6 Å². The molecule has 0 spiro atoms. The number of carbonyl (C=O) groups excluding carboxylic acids is 1. The number of aliphatic hydroxyl groups excluding tert-OH is 1. The number of nitro groups is 1. The van der Waals surface area contributed by atoms with E-state index in [0.29, 0.717) is 11.3 Å². The van der Waals surface area contributed by atoms with Crippen LogP contribution in [0.25, 0.3) is 0 Å². The molecule has 0 saturated heterocycles. The average Bonchev–Trinajstić information content (AvgIpc) is 2.53. The van der Waals surface area contributed by atoms with Gasteiger partial charge in [-0.1, -0.05) is 36.4 Å². The highest BCUT2D eigenvalue weighted by Gasteiger charge is 2.16. The van der Waals surface area contributed by atoms with Crippen molar-refractivity contribution < 1.29 is 14.8 Å². The summed E-state index contributed by atoms with van der Waals surface area (Å²) in [7, 11) is 0. The number of carbonyl (C=O) groups is 1.